The van der Waals surface area contributed by atoms with Crippen molar-refractivity contribution < 1.29 is 23.4 Å². The van der Waals surface area contributed by atoms with Crippen molar-refractivity contribution in [1.29, 1.82) is 0 Å². The number of anilines is 1. The Morgan fingerprint density at radius 1 is 1.07 bits per heavy atom. The van der Waals surface area contributed by atoms with E-state index >= 15 is 0 Å². The Bertz CT molecular complexity index is 817. The number of carbonyl (C=O) groups excluding carboxylic acids is 1. The largest absolute Gasteiger partial charge is 0.495 e. The third-order valence-corrected chi connectivity index (χ3v) is 4.13. The van der Waals surface area contributed by atoms with Crippen LogP contribution >= 0.6 is 11.6 Å². The Labute approximate surface area is 162 Å². The van der Waals surface area contributed by atoms with Gasteiger partial charge in [0.15, 0.2) is 11.6 Å². The molecule has 0 aliphatic carbocycles. The molecule has 146 valence electrons. The highest BCUT2D eigenvalue weighted by Gasteiger charge is 2.14. The van der Waals surface area contributed by atoms with Crippen LogP contribution in [0, 0.1) is 5.82 Å². The summed E-state index contributed by atoms with van der Waals surface area (Å²) in [5.41, 5.74) is 1.18. The highest BCUT2D eigenvalue weighted by atomic mass is 35.5. The number of hydrogen-bond donors (Lipinski definition) is 1. The van der Waals surface area contributed by atoms with Gasteiger partial charge in [-0.25, -0.2) is 4.39 Å². The third-order valence-electron chi connectivity index (χ3n) is 3.83. The van der Waals surface area contributed by atoms with Crippen molar-refractivity contribution in [3.63, 3.8) is 0 Å². The Balaban J connectivity index is 2.02. The average Bonchev–Trinajstić information content (AvgIpc) is 2.62. The van der Waals surface area contributed by atoms with Crippen molar-refractivity contribution >= 4 is 23.2 Å². The lowest BCUT2D eigenvalue weighted by molar-refractivity contribution is -0.117. The minimum atomic E-state index is -0.439. The van der Waals surface area contributed by atoms with Crippen LogP contribution in [0.25, 0.3) is 0 Å². The van der Waals surface area contributed by atoms with Gasteiger partial charge in [-0.3, -0.25) is 9.69 Å². The lowest BCUT2D eigenvalue weighted by atomic mass is 10.2. The zero-order chi connectivity index (χ0) is 20.0. The van der Waals surface area contributed by atoms with Gasteiger partial charge in [0.05, 0.1) is 38.6 Å². The van der Waals surface area contributed by atoms with Crippen LogP contribution in [0.2, 0.25) is 5.02 Å². The minimum Gasteiger partial charge on any atom is -0.495 e. The van der Waals surface area contributed by atoms with Gasteiger partial charge >= 0.3 is 0 Å². The van der Waals surface area contributed by atoms with Gasteiger partial charge in [0.25, 0.3) is 0 Å². The summed E-state index contributed by atoms with van der Waals surface area (Å²) >= 11 is 6.06. The second-order valence-electron chi connectivity index (χ2n) is 5.88. The fraction of sp³-hybridized carbons (Fsp3) is 0.316. The highest BCUT2D eigenvalue weighted by Crippen LogP contribution is 2.35. The molecule has 0 saturated heterocycles. The van der Waals surface area contributed by atoms with Gasteiger partial charge in [-0.15, -0.1) is 0 Å². The van der Waals surface area contributed by atoms with Crippen LogP contribution in [-0.4, -0.2) is 45.7 Å². The Kier molecular flexibility index (Phi) is 7.27. The highest BCUT2D eigenvalue weighted by molar-refractivity contribution is 6.32. The molecular formula is C19H22ClFN2O4. The maximum Gasteiger partial charge on any atom is 0.238 e. The van der Waals surface area contributed by atoms with Gasteiger partial charge in [0.2, 0.25) is 5.91 Å². The molecule has 0 aliphatic heterocycles. The lowest BCUT2D eigenvalue weighted by Crippen LogP contribution is -2.30. The minimum absolute atomic E-state index is 0.0990. The first-order valence-electron chi connectivity index (χ1n) is 8.10. The molecule has 0 heterocycles. The molecule has 0 bridgehead atoms. The monoisotopic (exact) mass is 396 g/mol. The number of halogens is 2. The number of benzene rings is 2. The van der Waals surface area contributed by atoms with Gasteiger partial charge in [-0.05, 0) is 24.7 Å². The molecule has 0 atom stereocenters. The average molecular weight is 397 g/mol. The summed E-state index contributed by atoms with van der Waals surface area (Å²) in [6, 6.07) is 7.87. The first-order valence-corrected chi connectivity index (χ1v) is 8.48. The Morgan fingerprint density at radius 3 is 2.33 bits per heavy atom. The van der Waals surface area contributed by atoms with Gasteiger partial charge in [0, 0.05) is 18.7 Å². The van der Waals surface area contributed by atoms with E-state index in [4.69, 9.17) is 25.8 Å². The molecule has 8 heteroatoms. The van der Waals surface area contributed by atoms with Crippen molar-refractivity contribution in [2.75, 3.05) is 40.2 Å². The van der Waals surface area contributed by atoms with Crippen molar-refractivity contribution in [2.24, 2.45) is 0 Å². The summed E-state index contributed by atoms with van der Waals surface area (Å²) in [6.45, 7) is 0.497. The maximum absolute atomic E-state index is 13.8. The molecule has 0 aromatic heterocycles. The number of rotatable bonds is 8. The van der Waals surface area contributed by atoms with Crippen molar-refractivity contribution in [2.45, 2.75) is 6.54 Å². The van der Waals surface area contributed by atoms with Crippen LogP contribution < -0.4 is 19.5 Å². The van der Waals surface area contributed by atoms with Gasteiger partial charge in [0.1, 0.15) is 11.5 Å². The molecule has 0 aliphatic rings. The summed E-state index contributed by atoms with van der Waals surface area (Å²) in [5, 5.41) is 3.15. The summed E-state index contributed by atoms with van der Waals surface area (Å²) in [4.78, 5) is 14.1. The molecule has 1 N–H and O–H groups in total. The zero-order valence-corrected chi connectivity index (χ0v) is 16.4. The number of nitrogens with one attached hydrogen (secondary N) is 1. The Morgan fingerprint density at radius 2 is 1.74 bits per heavy atom. The van der Waals surface area contributed by atoms with Crippen molar-refractivity contribution in [3.8, 4) is 17.2 Å². The fourth-order valence-electron chi connectivity index (χ4n) is 2.57. The predicted molar refractivity (Wildman–Crippen MR) is 102 cm³/mol. The molecule has 2 rings (SSSR count). The first kappa shape index (κ1) is 20.8. The smallest absolute Gasteiger partial charge is 0.238 e. The van der Waals surface area contributed by atoms with E-state index in [1.807, 2.05) is 0 Å². The molecule has 1 amide bonds. The number of likely N-dealkylation sites (N-methyl/N-ethyl adjacent to an activating group) is 1. The van der Waals surface area contributed by atoms with E-state index in [0.717, 1.165) is 5.56 Å². The molecule has 0 saturated carbocycles. The number of hydrogen-bond acceptors (Lipinski definition) is 5. The first-order chi connectivity index (χ1) is 12.9. The molecule has 6 nitrogen and oxygen atoms in total. The van der Waals surface area contributed by atoms with E-state index in [-0.39, 0.29) is 18.2 Å². The topological polar surface area (TPSA) is 60.0 Å². The molecule has 0 unspecified atom stereocenters. The summed E-state index contributed by atoms with van der Waals surface area (Å²) in [7, 11) is 6.15. The standard InChI is InChI=1S/C19H22ClFN2O4/c1-23(10-12-5-6-16(25-2)14(21)7-12)11-19(24)22-15-9-17(26-3)13(20)8-18(15)27-4/h5-9H,10-11H2,1-4H3,(H,22,24). The molecule has 2 aromatic carbocycles. The summed E-state index contributed by atoms with van der Waals surface area (Å²) < 4.78 is 29.1. The van der Waals surface area contributed by atoms with E-state index in [1.165, 1.54) is 27.4 Å². The molecular weight excluding hydrogens is 375 g/mol. The Hall–Kier alpha value is -2.51. The molecule has 0 fully saturated rings. The molecule has 27 heavy (non-hydrogen) atoms. The van der Waals surface area contributed by atoms with E-state index in [1.54, 1.807) is 36.2 Å². The SMILES string of the molecule is COc1ccc(CN(C)CC(=O)Nc2cc(OC)c(Cl)cc2OC)cc1F. The van der Waals surface area contributed by atoms with Crippen LogP contribution in [0.4, 0.5) is 10.1 Å². The third kappa shape index (κ3) is 5.48. The van der Waals surface area contributed by atoms with E-state index < -0.39 is 5.82 Å². The van der Waals surface area contributed by atoms with Crippen LogP contribution in [0.15, 0.2) is 30.3 Å². The van der Waals surface area contributed by atoms with Crippen LogP contribution in [-0.2, 0) is 11.3 Å². The van der Waals surface area contributed by atoms with Crippen LogP contribution in [0.1, 0.15) is 5.56 Å². The second kappa shape index (κ2) is 9.43. The van der Waals surface area contributed by atoms with Gasteiger partial charge < -0.3 is 19.5 Å². The van der Waals surface area contributed by atoms with E-state index in [9.17, 15) is 9.18 Å². The predicted octanol–water partition coefficient (Wildman–Crippen LogP) is 3.58. The number of ether oxygens (including phenoxy) is 3. The molecule has 0 radical (unpaired) electrons. The van der Waals surface area contributed by atoms with Gasteiger partial charge in [-0.2, -0.15) is 0 Å². The quantitative estimate of drug-likeness (QED) is 0.739. The van der Waals surface area contributed by atoms with Crippen LogP contribution in [0.5, 0.6) is 17.2 Å². The number of nitrogens with zero attached hydrogens (tertiary/aromatic N) is 1. The van der Waals surface area contributed by atoms with Gasteiger partial charge in [-0.1, -0.05) is 17.7 Å². The van der Waals surface area contributed by atoms with Crippen molar-refractivity contribution in [1.82, 2.24) is 4.90 Å². The second-order valence-corrected chi connectivity index (χ2v) is 6.28. The van der Waals surface area contributed by atoms with Crippen LogP contribution in [0.3, 0.4) is 0 Å². The summed E-state index contributed by atoms with van der Waals surface area (Å²) in [6.07, 6.45) is 0. The molecule has 2 aromatic rings. The van der Waals surface area contributed by atoms with E-state index in [0.29, 0.717) is 28.8 Å². The normalized spacial score (nSPS) is 10.6. The molecule has 0 spiro atoms. The van der Waals surface area contributed by atoms with E-state index in [2.05, 4.69) is 5.32 Å². The lowest BCUT2D eigenvalue weighted by Gasteiger charge is -2.18. The fourth-order valence-corrected chi connectivity index (χ4v) is 2.80. The number of methoxy groups -OCH3 is 3. The zero-order valence-electron chi connectivity index (χ0n) is 15.6. The maximum atomic E-state index is 13.8. The number of amides is 1. The number of carbonyl (C=O) groups is 1. The van der Waals surface area contributed by atoms with Crippen molar-refractivity contribution in [3.05, 3.63) is 46.7 Å². The summed E-state index contributed by atoms with van der Waals surface area (Å²) in [5.74, 6) is 0.340.